The van der Waals surface area contributed by atoms with Gasteiger partial charge in [0.15, 0.2) is 24.8 Å². The van der Waals surface area contributed by atoms with Gasteiger partial charge in [-0.3, -0.25) is 0 Å². The van der Waals surface area contributed by atoms with Crippen LogP contribution in [0.5, 0.6) is 0 Å². The number of carbonyl (C=O) groups is 2. The van der Waals surface area contributed by atoms with Crippen molar-refractivity contribution in [3.05, 3.63) is 60.2 Å². The standard InChI is InChI=1S/C40H66N2O4.2BrH/c1-3-5-7-9-11-13-15-17-19-21-29-41-31-25-27-37(35-41)39(43)45-33-23-24-34-46-40(44)38-28-26-32-42(36-38)30-22-20-18-16-14-12-10-8-6-4-2;;/h25-28,31-32,35-36H,3-24,29-30,33-34H2,1-2H3;2*1H/q+2;;/p-2. The molecule has 0 amide bonds. The number of hydrogen-bond donors (Lipinski definition) is 0. The summed E-state index contributed by atoms with van der Waals surface area (Å²) >= 11 is 0. The van der Waals surface area contributed by atoms with E-state index in [9.17, 15) is 9.59 Å². The van der Waals surface area contributed by atoms with Gasteiger partial charge < -0.3 is 43.4 Å². The summed E-state index contributed by atoms with van der Waals surface area (Å²) in [4.78, 5) is 25.1. The normalized spacial score (nSPS) is 10.6. The Morgan fingerprint density at radius 3 is 1.12 bits per heavy atom. The van der Waals surface area contributed by atoms with E-state index in [1.54, 1.807) is 0 Å². The van der Waals surface area contributed by atoms with Crippen LogP contribution < -0.4 is 43.1 Å². The van der Waals surface area contributed by atoms with E-state index >= 15 is 0 Å². The molecule has 0 aliphatic carbocycles. The number of aromatic nitrogens is 2. The number of nitrogens with zero attached hydrogens (tertiary/aromatic N) is 2. The predicted octanol–water partition coefficient (Wildman–Crippen LogP) is 3.91. The number of unbranched alkanes of at least 4 members (excludes halogenated alkanes) is 19. The van der Waals surface area contributed by atoms with Crippen molar-refractivity contribution < 1.29 is 62.2 Å². The average Bonchev–Trinajstić information content (AvgIpc) is 3.08. The Balaban J connectivity index is 0.0000110. The molecule has 0 aliphatic rings. The molecular weight excluding hydrogens is 732 g/mol. The Bertz CT molecular complexity index is 986. The fourth-order valence-electron chi connectivity index (χ4n) is 5.83. The van der Waals surface area contributed by atoms with E-state index in [1.807, 2.05) is 49.1 Å². The van der Waals surface area contributed by atoms with Gasteiger partial charge in [-0.2, -0.15) is 0 Å². The Hall–Kier alpha value is -1.80. The van der Waals surface area contributed by atoms with Crippen LogP contribution >= 0.6 is 0 Å². The Kier molecular flexibility index (Phi) is 31.2. The van der Waals surface area contributed by atoms with Gasteiger partial charge in [-0.25, -0.2) is 18.7 Å². The first-order chi connectivity index (χ1) is 22.6. The second-order valence-electron chi connectivity index (χ2n) is 13.0. The quantitative estimate of drug-likeness (QED) is 0.0713. The largest absolute Gasteiger partial charge is 1.00 e. The molecule has 2 aromatic heterocycles. The smallest absolute Gasteiger partial charge is 0.344 e. The summed E-state index contributed by atoms with van der Waals surface area (Å²) in [5.74, 6) is -0.601. The van der Waals surface area contributed by atoms with Crippen LogP contribution in [0.1, 0.15) is 176 Å². The van der Waals surface area contributed by atoms with E-state index in [-0.39, 0.29) is 45.9 Å². The molecule has 0 spiro atoms. The topological polar surface area (TPSA) is 60.4 Å². The molecule has 2 heterocycles. The molecule has 48 heavy (non-hydrogen) atoms. The number of esters is 2. The maximum absolute atomic E-state index is 12.6. The molecule has 2 aromatic rings. The zero-order chi connectivity index (χ0) is 32.9. The van der Waals surface area contributed by atoms with E-state index in [2.05, 4.69) is 23.0 Å². The molecule has 0 saturated heterocycles. The highest BCUT2D eigenvalue weighted by molar-refractivity contribution is 5.89. The molecule has 2 rings (SSSR count). The molecule has 0 N–H and O–H groups in total. The molecule has 6 nitrogen and oxygen atoms in total. The van der Waals surface area contributed by atoms with Gasteiger partial charge >= 0.3 is 11.9 Å². The summed E-state index contributed by atoms with van der Waals surface area (Å²) in [5, 5.41) is 0. The molecule has 0 radical (unpaired) electrons. The summed E-state index contributed by atoms with van der Waals surface area (Å²) in [6.45, 7) is 6.99. The lowest BCUT2D eigenvalue weighted by Gasteiger charge is -2.06. The van der Waals surface area contributed by atoms with Gasteiger partial charge in [0.2, 0.25) is 0 Å². The van der Waals surface area contributed by atoms with E-state index in [4.69, 9.17) is 9.47 Å². The third kappa shape index (κ3) is 23.5. The SMILES string of the molecule is CCCCCCCCCCCC[n+]1cccc(C(=O)OCCCCOC(=O)c2ccc[n+](CCCCCCCCCCCC)c2)c1.[Br-].[Br-]. The Morgan fingerprint density at radius 2 is 0.792 bits per heavy atom. The first kappa shape index (κ1) is 46.2. The average molecular weight is 799 g/mol. The zero-order valence-corrected chi connectivity index (χ0v) is 33.5. The second kappa shape index (κ2) is 32.4. The third-order valence-corrected chi connectivity index (χ3v) is 8.73. The predicted molar refractivity (Wildman–Crippen MR) is 187 cm³/mol. The van der Waals surface area contributed by atoms with Gasteiger partial charge in [0.25, 0.3) is 0 Å². The number of halogens is 2. The monoisotopic (exact) mass is 796 g/mol. The van der Waals surface area contributed by atoms with Crippen molar-refractivity contribution in [1.29, 1.82) is 0 Å². The number of ether oxygens (including phenoxy) is 2. The minimum atomic E-state index is -0.300. The van der Waals surface area contributed by atoms with Gasteiger partial charge in [0, 0.05) is 25.0 Å². The lowest BCUT2D eigenvalue weighted by molar-refractivity contribution is -0.697. The van der Waals surface area contributed by atoms with Crippen molar-refractivity contribution in [1.82, 2.24) is 0 Å². The van der Waals surface area contributed by atoms with Crippen molar-refractivity contribution in [3.8, 4) is 0 Å². The lowest BCUT2D eigenvalue weighted by Crippen LogP contribution is -3.00. The molecule has 0 atom stereocenters. The van der Waals surface area contributed by atoms with Gasteiger partial charge in [0.1, 0.15) is 24.2 Å². The van der Waals surface area contributed by atoms with Gasteiger partial charge in [-0.15, -0.1) is 0 Å². The first-order valence-electron chi connectivity index (χ1n) is 19.0. The lowest BCUT2D eigenvalue weighted by atomic mass is 10.1. The van der Waals surface area contributed by atoms with Crippen molar-refractivity contribution >= 4 is 11.9 Å². The highest BCUT2D eigenvalue weighted by Gasteiger charge is 2.14. The van der Waals surface area contributed by atoms with Crippen LogP contribution in [0.2, 0.25) is 0 Å². The van der Waals surface area contributed by atoms with Crippen LogP contribution in [-0.4, -0.2) is 25.2 Å². The van der Waals surface area contributed by atoms with E-state index in [0.29, 0.717) is 37.2 Å². The van der Waals surface area contributed by atoms with Crippen LogP contribution in [0.25, 0.3) is 0 Å². The van der Waals surface area contributed by atoms with Gasteiger partial charge in [-0.05, 0) is 37.8 Å². The minimum absolute atomic E-state index is 0. The third-order valence-electron chi connectivity index (χ3n) is 8.73. The molecule has 274 valence electrons. The van der Waals surface area contributed by atoms with Crippen molar-refractivity contribution in [3.63, 3.8) is 0 Å². The minimum Gasteiger partial charge on any atom is -1.00 e. The molecule has 0 fully saturated rings. The fourth-order valence-corrected chi connectivity index (χ4v) is 5.83. The highest BCUT2D eigenvalue weighted by atomic mass is 79.9. The summed E-state index contributed by atoms with van der Waals surface area (Å²) < 4.78 is 15.2. The van der Waals surface area contributed by atoms with Crippen LogP contribution in [0.3, 0.4) is 0 Å². The fraction of sp³-hybridized carbons (Fsp3) is 0.700. The first-order valence-corrected chi connectivity index (χ1v) is 19.0. The van der Waals surface area contributed by atoms with Crippen molar-refractivity contribution in [2.45, 2.75) is 168 Å². The second-order valence-corrected chi connectivity index (χ2v) is 13.0. The van der Waals surface area contributed by atoms with E-state index in [1.165, 1.54) is 116 Å². The number of carbonyl (C=O) groups excluding carboxylic acids is 2. The molecule has 0 saturated carbocycles. The van der Waals surface area contributed by atoms with E-state index < -0.39 is 0 Å². The number of pyridine rings is 2. The molecule has 0 bridgehead atoms. The Labute approximate surface area is 314 Å². The van der Waals surface area contributed by atoms with Crippen LogP contribution in [0, 0.1) is 0 Å². The van der Waals surface area contributed by atoms with Crippen LogP contribution in [0.15, 0.2) is 49.1 Å². The van der Waals surface area contributed by atoms with Gasteiger partial charge in [-0.1, -0.05) is 117 Å². The van der Waals surface area contributed by atoms with Crippen LogP contribution in [-0.2, 0) is 22.6 Å². The zero-order valence-electron chi connectivity index (χ0n) is 30.3. The molecule has 0 aromatic carbocycles. The molecule has 8 heteroatoms. The Morgan fingerprint density at radius 1 is 0.479 bits per heavy atom. The number of aryl methyl sites for hydroxylation is 2. The van der Waals surface area contributed by atoms with Crippen LogP contribution in [0.4, 0.5) is 0 Å². The number of rotatable bonds is 29. The maximum atomic E-state index is 12.6. The number of hydrogen-bond acceptors (Lipinski definition) is 4. The summed E-state index contributed by atoms with van der Waals surface area (Å²) in [6.07, 6.45) is 35.4. The molecule has 0 unspecified atom stereocenters. The molecular formula is C40H66Br2N2O4. The van der Waals surface area contributed by atoms with Crippen molar-refractivity contribution in [2.75, 3.05) is 13.2 Å². The summed E-state index contributed by atoms with van der Waals surface area (Å²) in [7, 11) is 0. The summed E-state index contributed by atoms with van der Waals surface area (Å²) in [5.41, 5.74) is 1.16. The maximum Gasteiger partial charge on any atom is 0.344 e. The van der Waals surface area contributed by atoms with Crippen molar-refractivity contribution in [2.24, 2.45) is 0 Å². The van der Waals surface area contributed by atoms with E-state index in [0.717, 1.165) is 25.9 Å². The highest BCUT2D eigenvalue weighted by Crippen LogP contribution is 2.12. The molecule has 0 aliphatic heterocycles. The summed E-state index contributed by atoms with van der Waals surface area (Å²) in [6, 6.07) is 7.44. The van der Waals surface area contributed by atoms with Gasteiger partial charge in [0.05, 0.1) is 13.2 Å².